The average Bonchev–Trinajstić information content (AvgIpc) is 3.15. The second-order valence-electron chi connectivity index (χ2n) is 7.77. The van der Waals surface area contributed by atoms with Crippen LogP contribution in [0.4, 0.5) is 5.69 Å². The summed E-state index contributed by atoms with van der Waals surface area (Å²) in [5.41, 5.74) is 3.98. The SMILES string of the molecule is Cc1ccc(-c2oncc2CCC(=O)Nc2ccc(C(C)(C)P(=O)(O)O)cc2)cc1. The van der Waals surface area contributed by atoms with Crippen LogP contribution in [-0.4, -0.2) is 20.9 Å². The number of carbonyl (C=O) groups is 1. The average molecular weight is 428 g/mol. The van der Waals surface area contributed by atoms with Crippen LogP contribution >= 0.6 is 7.60 Å². The molecule has 2 aromatic carbocycles. The lowest BCUT2D eigenvalue weighted by atomic mass is 10.0. The number of nitrogens with one attached hydrogen (secondary N) is 1. The number of nitrogens with zero attached hydrogens (tertiary/aromatic N) is 1. The van der Waals surface area contributed by atoms with Gasteiger partial charge in [-0.15, -0.1) is 0 Å². The van der Waals surface area contributed by atoms with Crippen LogP contribution in [0.1, 0.15) is 37.0 Å². The number of benzene rings is 2. The maximum Gasteiger partial charge on any atom is 0.335 e. The highest BCUT2D eigenvalue weighted by Crippen LogP contribution is 2.56. The van der Waals surface area contributed by atoms with Gasteiger partial charge in [0.05, 0.1) is 11.4 Å². The molecule has 3 rings (SSSR count). The van der Waals surface area contributed by atoms with Gasteiger partial charge >= 0.3 is 7.60 Å². The number of hydrogen-bond donors (Lipinski definition) is 3. The summed E-state index contributed by atoms with van der Waals surface area (Å²) in [5, 5.41) is 5.37. The van der Waals surface area contributed by atoms with Crippen LogP contribution < -0.4 is 5.32 Å². The first-order chi connectivity index (χ1) is 14.1. The Morgan fingerprint density at radius 3 is 2.33 bits per heavy atom. The minimum atomic E-state index is -4.31. The number of amides is 1. The summed E-state index contributed by atoms with van der Waals surface area (Å²) in [6.07, 6.45) is 2.35. The molecule has 3 aromatic rings. The number of aryl methyl sites for hydroxylation is 2. The van der Waals surface area contributed by atoms with E-state index >= 15 is 0 Å². The van der Waals surface area contributed by atoms with E-state index in [0.29, 0.717) is 23.4 Å². The zero-order valence-electron chi connectivity index (χ0n) is 17.1. The van der Waals surface area contributed by atoms with Gasteiger partial charge in [-0.25, -0.2) is 0 Å². The summed E-state index contributed by atoms with van der Waals surface area (Å²) in [6, 6.07) is 14.4. The Balaban J connectivity index is 1.62. The van der Waals surface area contributed by atoms with E-state index in [9.17, 15) is 19.1 Å². The van der Waals surface area contributed by atoms with E-state index in [0.717, 1.165) is 16.7 Å². The molecular weight excluding hydrogens is 403 g/mol. The molecule has 0 bridgehead atoms. The summed E-state index contributed by atoms with van der Waals surface area (Å²) in [6.45, 7) is 4.99. The quantitative estimate of drug-likeness (QED) is 0.473. The Morgan fingerprint density at radius 1 is 1.10 bits per heavy atom. The van der Waals surface area contributed by atoms with Crippen LogP contribution in [0.15, 0.2) is 59.3 Å². The molecule has 8 heteroatoms. The Hall–Kier alpha value is -2.73. The molecule has 0 atom stereocenters. The molecule has 0 fully saturated rings. The monoisotopic (exact) mass is 428 g/mol. The van der Waals surface area contributed by atoms with Crippen LogP contribution in [0.2, 0.25) is 0 Å². The van der Waals surface area contributed by atoms with Gasteiger partial charge in [-0.2, -0.15) is 0 Å². The van der Waals surface area contributed by atoms with Crippen molar-refractivity contribution in [2.45, 2.75) is 38.8 Å². The maximum atomic E-state index is 12.4. The van der Waals surface area contributed by atoms with Gasteiger partial charge in [0.25, 0.3) is 0 Å². The van der Waals surface area contributed by atoms with Gasteiger partial charge < -0.3 is 19.6 Å². The van der Waals surface area contributed by atoms with Crippen molar-refractivity contribution in [3.05, 3.63) is 71.4 Å². The molecule has 0 unspecified atom stereocenters. The van der Waals surface area contributed by atoms with Gasteiger partial charge in [0.15, 0.2) is 5.76 Å². The summed E-state index contributed by atoms with van der Waals surface area (Å²) in [5.74, 6) is 0.486. The van der Waals surface area contributed by atoms with Crippen LogP contribution in [0.3, 0.4) is 0 Å². The van der Waals surface area contributed by atoms with E-state index in [1.165, 1.54) is 13.8 Å². The van der Waals surface area contributed by atoms with Crippen LogP contribution in [0, 0.1) is 6.92 Å². The van der Waals surface area contributed by atoms with Crippen molar-refractivity contribution in [2.75, 3.05) is 5.32 Å². The lowest BCUT2D eigenvalue weighted by Gasteiger charge is -2.26. The highest BCUT2D eigenvalue weighted by Gasteiger charge is 2.39. The van der Waals surface area contributed by atoms with Gasteiger partial charge in [-0.05, 0) is 44.9 Å². The second kappa shape index (κ2) is 8.56. The molecule has 7 nitrogen and oxygen atoms in total. The molecule has 0 spiro atoms. The van der Waals surface area contributed by atoms with E-state index < -0.39 is 12.8 Å². The van der Waals surface area contributed by atoms with Crippen molar-refractivity contribution in [2.24, 2.45) is 0 Å². The van der Waals surface area contributed by atoms with Crippen molar-refractivity contribution in [3.63, 3.8) is 0 Å². The molecule has 3 N–H and O–H groups in total. The van der Waals surface area contributed by atoms with Gasteiger partial charge in [-0.1, -0.05) is 47.1 Å². The summed E-state index contributed by atoms with van der Waals surface area (Å²) in [4.78, 5) is 31.4. The third-order valence-corrected chi connectivity index (χ3v) is 6.90. The first-order valence-electron chi connectivity index (χ1n) is 9.54. The van der Waals surface area contributed by atoms with Crippen molar-refractivity contribution >= 4 is 19.2 Å². The van der Waals surface area contributed by atoms with Crippen LogP contribution in [-0.2, 0) is 20.9 Å². The molecular formula is C22H25N2O5P. The van der Waals surface area contributed by atoms with Crippen molar-refractivity contribution < 1.29 is 23.7 Å². The van der Waals surface area contributed by atoms with Crippen LogP contribution in [0.25, 0.3) is 11.3 Å². The second-order valence-corrected chi connectivity index (χ2v) is 9.98. The molecule has 158 valence electrons. The number of rotatable bonds is 7. The Morgan fingerprint density at radius 2 is 1.73 bits per heavy atom. The predicted molar refractivity (Wildman–Crippen MR) is 115 cm³/mol. The fourth-order valence-corrected chi connectivity index (χ4v) is 3.47. The highest BCUT2D eigenvalue weighted by atomic mass is 31.2. The predicted octanol–water partition coefficient (Wildman–Crippen LogP) is 4.63. The van der Waals surface area contributed by atoms with Crippen molar-refractivity contribution in [1.29, 1.82) is 0 Å². The zero-order chi connectivity index (χ0) is 21.9. The molecule has 1 aromatic heterocycles. The molecule has 0 saturated carbocycles. The number of aromatic nitrogens is 1. The molecule has 0 aliphatic heterocycles. The molecule has 0 aliphatic carbocycles. The first kappa shape index (κ1) is 22.0. The zero-order valence-corrected chi connectivity index (χ0v) is 18.0. The maximum absolute atomic E-state index is 12.4. The molecule has 1 amide bonds. The van der Waals surface area contributed by atoms with Crippen molar-refractivity contribution in [3.8, 4) is 11.3 Å². The molecule has 1 heterocycles. The minimum absolute atomic E-state index is 0.173. The van der Waals surface area contributed by atoms with Crippen LogP contribution in [0.5, 0.6) is 0 Å². The number of carbonyl (C=O) groups excluding carboxylic acids is 1. The lowest BCUT2D eigenvalue weighted by molar-refractivity contribution is -0.116. The molecule has 0 radical (unpaired) electrons. The number of hydrogen-bond acceptors (Lipinski definition) is 4. The van der Waals surface area contributed by atoms with E-state index in [4.69, 9.17) is 4.52 Å². The van der Waals surface area contributed by atoms with Crippen molar-refractivity contribution in [1.82, 2.24) is 5.16 Å². The minimum Gasteiger partial charge on any atom is -0.356 e. The Bertz CT molecular complexity index is 1070. The smallest absolute Gasteiger partial charge is 0.335 e. The third-order valence-electron chi connectivity index (χ3n) is 5.18. The van der Waals surface area contributed by atoms with Gasteiger partial charge in [0.1, 0.15) is 0 Å². The summed E-state index contributed by atoms with van der Waals surface area (Å²) in [7, 11) is -4.31. The van der Waals surface area contributed by atoms with Gasteiger partial charge in [-0.3, -0.25) is 9.36 Å². The standard InChI is InChI=1S/C22H25N2O5P/c1-15-4-6-16(7-5-15)21-17(14-23-29-21)8-13-20(25)24-19-11-9-18(10-12-19)22(2,3)30(26,27)28/h4-7,9-12,14H,8,13H2,1-3H3,(H,24,25)(H2,26,27,28). The summed E-state index contributed by atoms with van der Waals surface area (Å²) >= 11 is 0. The first-order valence-corrected chi connectivity index (χ1v) is 11.2. The summed E-state index contributed by atoms with van der Waals surface area (Å²) < 4.78 is 17.0. The largest absolute Gasteiger partial charge is 0.356 e. The third kappa shape index (κ3) is 4.87. The highest BCUT2D eigenvalue weighted by molar-refractivity contribution is 7.53. The molecule has 0 saturated heterocycles. The number of anilines is 1. The van der Waals surface area contributed by atoms with Gasteiger partial charge in [0.2, 0.25) is 5.91 Å². The molecule has 30 heavy (non-hydrogen) atoms. The topological polar surface area (TPSA) is 113 Å². The van der Waals surface area contributed by atoms with E-state index in [1.807, 2.05) is 31.2 Å². The Kier molecular flexibility index (Phi) is 6.27. The lowest BCUT2D eigenvalue weighted by Crippen LogP contribution is -2.17. The Labute approximate surface area is 175 Å². The fraction of sp³-hybridized carbons (Fsp3) is 0.273. The normalized spacial score (nSPS) is 12.0. The fourth-order valence-electron chi connectivity index (χ4n) is 2.98. The molecule has 0 aliphatic rings. The van der Waals surface area contributed by atoms with Gasteiger partial charge in [0, 0.05) is 23.2 Å². The van der Waals surface area contributed by atoms with E-state index in [-0.39, 0.29) is 12.3 Å². The van der Waals surface area contributed by atoms with E-state index in [1.54, 1.807) is 30.5 Å². The van der Waals surface area contributed by atoms with E-state index in [2.05, 4.69) is 10.5 Å².